The van der Waals surface area contributed by atoms with Gasteiger partial charge in [-0.25, -0.2) is 0 Å². The highest BCUT2D eigenvalue weighted by Crippen LogP contribution is 2.29. The fourth-order valence-electron chi connectivity index (χ4n) is 2.66. The first-order valence-electron chi connectivity index (χ1n) is 6.48. The Balaban J connectivity index is 2.41. The van der Waals surface area contributed by atoms with Crippen molar-refractivity contribution in [2.75, 3.05) is 11.4 Å². The molecule has 0 amide bonds. The second-order valence-electron chi connectivity index (χ2n) is 4.81. The predicted molar refractivity (Wildman–Crippen MR) is 70.1 cm³/mol. The third kappa shape index (κ3) is 2.14. The molecular weight excluding hydrogens is 212 g/mol. The fourth-order valence-corrected chi connectivity index (χ4v) is 2.66. The predicted octanol–water partition coefficient (Wildman–Crippen LogP) is 1.93. The molecule has 0 bridgehead atoms. The molecule has 1 unspecified atom stereocenters. The lowest BCUT2D eigenvalue weighted by Crippen LogP contribution is -2.31. The van der Waals surface area contributed by atoms with Crippen molar-refractivity contribution in [2.45, 2.75) is 52.6 Å². The Kier molecular flexibility index (Phi) is 3.62. The molecule has 4 nitrogen and oxygen atoms in total. The highest BCUT2D eigenvalue weighted by atomic mass is 15.3. The van der Waals surface area contributed by atoms with Gasteiger partial charge in [0.2, 0.25) is 0 Å². The zero-order valence-electron chi connectivity index (χ0n) is 11.0. The molecule has 1 aromatic rings. The molecular formula is C13H22N4. The molecule has 2 rings (SSSR count). The minimum absolute atomic E-state index is 0.546. The summed E-state index contributed by atoms with van der Waals surface area (Å²) in [6.45, 7) is 7.95. The van der Waals surface area contributed by atoms with E-state index in [9.17, 15) is 0 Å². The van der Waals surface area contributed by atoms with Crippen LogP contribution in [0.25, 0.3) is 0 Å². The van der Waals surface area contributed by atoms with Crippen molar-refractivity contribution >= 4 is 5.82 Å². The Morgan fingerprint density at radius 2 is 2.12 bits per heavy atom. The average molecular weight is 234 g/mol. The van der Waals surface area contributed by atoms with E-state index in [2.05, 4.69) is 28.9 Å². The van der Waals surface area contributed by atoms with Crippen LogP contribution < -0.4 is 10.6 Å². The van der Waals surface area contributed by atoms with Crippen molar-refractivity contribution < 1.29 is 0 Å². The second kappa shape index (κ2) is 5.00. The maximum absolute atomic E-state index is 5.88. The highest BCUT2D eigenvalue weighted by Gasteiger charge is 2.26. The zero-order chi connectivity index (χ0) is 12.4. The van der Waals surface area contributed by atoms with Gasteiger partial charge >= 0.3 is 0 Å². The number of hydrogen-bond donors (Lipinski definition) is 1. The molecule has 1 aromatic heterocycles. The lowest BCUT2D eigenvalue weighted by molar-refractivity contribution is 0.633. The number of rotatable bonds is 3. The van der Waals surface area contributed by atoms with E-state index in [-0.39, 0.29) is 0 Å². The maximum atomic E-state index is 5.88. The van der Waals surface area contributed by atoms with Gasteiger partial charge in [0.1, 0.15) is 0 Å². The van der Waals surface area contributed by atoms with E-state index in [0.29, 0.717) is 12.6 Å². The number of hydrogen-bond acceptors (Lipinski definition) is 4. The standard InChI is InChI=1S/C13H22N4/c1-4-11-6-5-7-17(11)13-12(8-14)9(2)10(3)15-16-13/h11H,4-8,14H2,1-3H3. The summed E-state index contributed by atoms with van der Waals surface area (Å²) in [6, 6.07) is 0.608. The molecule has 2 N–H and O–H groups in total. The van der Waals surface area contributed by atoms with E-state index in [1.165, 1.54) is 24.8 Å². The third-order valence-corrected chi connectivity index (χ3v) is 3.88. The van der Waals surface area contributed by atoms with Gasteiger partial charge in [-0.05, 0) is 38.7 Å². The van der Waals surface area contributed by atoms with Gasteiger partial charge in [0, 0.05) is 24.7 Å². The Bertz CT molecular complexity index is 403. The van der Waals surface area contributed by atoms with Crippen LogP contribution in [-0.4, -0.2) is 22.8 Å². The summed E-state index contributed by atoms with van der Waals surface area (Å²) >= 11 is 0. The van der Waals surface area contributed by atoms with Crippen molar-refractivity contribution in [3.63, 3.8) is 0 Å². The van der Waals surface area contributed by atoms with Gasteiger partial charge in [0.15, 0.2) is 5.82 Å². The van der Waals surface area contributed by atoms with Crippen molar-refractivity contribution in [3.8, 4) is 0 Å². The summed E-state index contributed by atoms with van der Waals surface area (Å²) in [5.41, 5.74) is 9.23. The number of anilines is 1. The Morgan fingerprint density at radius 1 is 1.35 bits per heavy atom. The average Bonchev–Trinajstić information content (AvgIpc) is 2.80. The van der Waals surface area contributed by atoms with E-state index in [1.54, 1.807) is 0 Å². The smallest absolute Gasteiger partial charge is 0.156 e. The summed E-state index contributed by atoms with van der Waals surface area (Å²) in [5, 5.41) is 8.64. The Hall–Kier alpha value is -1.16. The largest absolute Gasteiger partial charge is 0.352 e. The van der Waals surface area contributed by atoms with E-state index in [1.807, 2.05) is 6.92 Å². The van der Waals surface area contributed by atoms with Gasteiger partial charge in [-0.1, -0.05) is 6.92 Å². The molecule has 94 valence electrons. The Morgan fingerprint density at radius 3 is 2.76 bits per heavy atom. The molecule has 2 heterocycles. The fraction of sp³-hybridized carbons (Fsp3) is 0.692. The van der Waals surface area contributed by atoms with Gasteiger partial charge in [0.25, 0.3) is 0 Å². The van der Waals surface area contributed by atoms with Crippen LogP contribution in [0.1, 0.15) is 43.0 Å². The van der Waals surface area contributed by atoms with E-state index in [4.69, 9.17) is 5.73 Å². The van der Waals surface area contributed by atoms with Crippen molar-refractivity contribution in [2.24, 2.45) is 5.73 Å². The monoisotopic (exact) mass is 234 g/mol. The van der Waals surface area contributed by atoms with E-state index < -0.39 is 0 Å². The van der Waals surface area contributed by atoms with Crippen LogP contribution in [0.5, 0.6) is 0 Å². The first-order chi connectivity index (χ1) is 8.19. The van der Waals surface area contributed by atoms with E-state index >= 15 is 0 Å². The summed E-state index contributed by atoms with van der Waals surface area (Å²) < 4.78 is 0. The van der Waals surface area contributed by atoms with Gasteiger partial charge in [0.05, 0.1) is 5.69 Å². The molecule has 0 aromatic carbocycles. The topological polar surface area (TPSA) is 55.0 Å². The van der Waals surface area contributed by atoms with Gasteiger partial charge in [-0.15, -0.1) is 5.10 Å². The first-order valence-corrected chi connectivity index (χ1v) is 6.48. The lowest BCUT2D eigenvalue weighted by atomic mass is 10.1. The van der Waals surface area contributed by atoms with Gasteiger partial charge in [-0.2, -0.15) is 5.10 Å². The lowest BCUT2D eigenvalue weighted by Gasteiger charge is -2.27. The molecule has 17 heavy (non-hydrogen) atoms. The molecule has 4 heteroatoms. The normalized spacial score (nSPS) is 20.0. The minimum atomic E-state index is 0.546. The summed E-state index contributed by atoms with van der Waals surface area (Å²) in [4.78, 5) is 2.39. The molecule has 1 aliphatic heterocycles. The molecule has 1 saturated heterocycles. The molecule has 1 aliphatic rings. The quantitative estimate of drug-likeness (QED) is 0.868. The van der Waals surface area contributed by atoms with Crippen LogP contribution in [-0.2, 0) is 6.54 Å². The van der Waals surface area contributed by atoms with E-state index in [0.717, 1.165) is 23.6 Å². The molecule has 0 saturated carbocycles. The Labute approximate surface area is 103 Å². The second-order valence-corrected chi connectivity index (χ2v) is 4.81. The van der Waals surface area contributed by atoms with Gasteiger partial charge < -0.3 is 10.6 Å². The number of aromatic nitrogens is 2. The molecule has 1 atom stereocenters. The maximum Gasteiger partial charge on any atom is 0.156 e. The third-order valence-electron chi connectivity index (χ3n) is 3.88. The zero-order valence-corrected chi connectivity index (χ0v) is 11.0. The molecule has 0 radical (unpaired) electrons. The van der Waals surface area contributed by atoms with Crippen LogP contribution >= 0.6 is 0 Å². The minimum Gasteiger partial charge on any atom is -0.352 e. The summed E-state index contributed by atoms with van der Waals surface area (Å²) in [7, 11) is 0. The molecule has 0 aliphatic carbocycles. The van der Waals surface area contributed by atoms with Crippen molar-refractivity contribution in [3.05, 3.63) is 16.8 Å². The number of nitrogens with two attached hydrogens (primary N) is 1. The van der Waals surface area contributed by atoms with Crippen molar-refractivity contribution in [1.29, 1.82) is 0 Å². The van der Waals surface area contributed by atoms with Crippen molar-refractivity contribution in [1.82, 2.24) is 10.2 Å². The van der Waals surface area contributed by atoms with Crippen LogP contribution in [0, 0.1) is 13.8 Å². The SMILES string of the molecule is CCC1CCCN1c1nnc(C)c(C)c1CN. The summed E-state index contributed by atoms with van der Waals surface area (Å²) in [5.74, 6) is 1.01. The molecule has 1 fully saturated rings. The number of aryl methyl sites for hydroxylation is 1. The highest BCUT2D eigenvalue weighted by molar-refractivity contribution is 5.52. The van der Waals surface area contributed by atoms with Crippen LogP contribution in [0.15, 0.2) is 0 Å². The van der Waals surface area contributed by atoms with Crippen LogP contribution in [0.2, 0.25) is 0 Å². The van der Waals surface area contributed by atoms with Crippen LogP contribution in [0.3, 0.4) is 0 Å². The van der Waals surface area contributed by atoms with Crippen LogP contribution in [0.4, 0.5) is 5.82 Å². The molecule has 0 spiro atoms. The summed E-state index contributed by atoms with van der Waals surface area (Å²) in [6.07, 6.45) is 3.67. The van der Waals surface area contributed by atoms with Gasteiger partial charge in [-0.3, -0.25) is 0 Å². The first kappa shape index (κ1) is 12.3. The number of nitrogens with zero attached hydrogens (tertiary/aromatic N) is 3.